The molecule has 0 saturated heterocycles. The minimum absolute atomic E-state index is 0.261. The van der Waals surface area contributed by atoms with Crippen LogP contribution in [0.15, 0.2) is 53.9 Å². The number of methoxy groups -OCH3 is 1. The Morgan fingerprint density at radius 3 is 2.58 bits per heavy atom. The molecule has 0 aliphatic carbocycles. The summed E-state index contributed by atoms with van der Waals surface area (Å²) >= 11 is 0.964. The van der Waals surface area contributed by atoms with Crippen LogP contribution in [0.25, 0.3) is 5.69 Å². The minimum Gasteiger partial charge on any atom is -0.497 e. The molecule has 162 valence electrons. The molecule has 0 aliphatic rings. The third kappa shape index (κ3) is 5.31. The van der Waals surface area contributed by atoms with E-state index in [1.54, 1.807) is 28.8 Å². The summed E-state index contributed by atoms with van der Waals surface area (Å²) in [6.07, 6.45) is -3.45. The van der Waals surface area contributed by atoms with Crippen LogP contribution in [0.2, 0.25) is 0 Å². The first-order chi connectivity index (χ1) is 14.7. The van der Waals surface area contributed by atoms with Gasteiger partial charge in [0.2, 0.25) is 5.91 Å². The van der Waals surface area contributed by atoms with Crippen molar-refractivity contribution in [1.29, 1.82) is 0 Å². The quantitative estimate of drug-likeness (QED) is 0.328. The van der Waals surface area contributed by atoms with Crippen molar-refractivity contribution >= 4 is 29.0 Å². The molecule has 13 heteroatoms. The van der Waals surface area contributed by atoms with Crippen molar-refractivity contribution < 1.29 is 27.6 Å². The van der Waals surface area contributed by atoms with Crippen LogP contribution in [0.4, 0.5) is 24.5 Å². The fraction of sp³-hybridized carbons (Fsp3) is 0.167. The Morgan fingerprint density at radius 2 is 1.97 bits per heavy atom. The number of nitrogens with one attached hydrogen (secondary N) is 1. The van der Waals surface area contributed by atoms with Gasteiger partial charge >= 0.3 is 6.18 Å². The number of thioether (sulfide) groups is 1. The highest BCUT2D eigenvalue weighted by atomic mass is 32.2. The zero-order valence-electron chi connectivity index (χ0n) is 15.8. The zero-order chi connectivity index (χ0) is 22.6. The maximum absolute atomic E-state index is 13.2. The summed E-state index contributed by atoms with van der Waals surface area (Å²) in [5.74, 6) is -0.356. The van der Waals surface area contributed by atoms with Gasteiger partial charge in [0.15, 0.2) is 5.16 Å². The first kappa shape index (κ1) is 22.1. The third-order valence-corrected chi connectivity index (χ3v) is 4.94. The number of amides is 1. The van der Waals surface area contributed by atoms with E-state index >= 15 is 0 Å². The number of anilines is 1. The van der Waals surface area contributed by atoms with Crippen molar-refractivity contribution in [3.8, 4) is 11.4 Å². The van der Waals surface area contributed by atoms with E-state index < -0.39 is 33.9 Å². The number of benzene rings is 2. The number of nitrogens with zero attached hydrogens (tertiary/aromatic N) is 4. The molecule has 0 spiro atoms. The van der Waals surface area contributed by atoms with Gasteiger partial charge in [0.05, 0.1) is 29.0 Å². The number of aromatic nitrogens is 3. The van der Waals surface area contributed by atoms with E-state index in [1.165, 1.54) is 13.4 Å². The van der Waals surface area contributed by atoms with Crippen molar-refractivity contribution in [3.63, 3.8) is 0 Å². The molecule has 1 aromatic heterocycles. The smallest absolute Gasteiger partial charge is 0.418 e. The molecule has 0 saturated carbocycles. The molecule has 0 fully saturated rings. The number of ether oxygens (including phenoxy) is 1. The number of rotatable bonds is 7. The van der Waals surface area contributed by atoms with E-state index in [0.29, 0.717) is 22.7 Å². The molecule has 3 rings (SSSR count). The van der Waals surface area contributed by atoms with Gasteiger partial charge in [0.25, 0.3) is 5.69 Å². The SMILES string of the molecule is COc1ccc(-n2cnnc2SCC(=O)Nc2ccc([N+](=O)[O-])cc2C(F)(F)F)cc1. The van der Waals surface area contributed by atoms with Gasteiger partial charge in [-0.25, -0.2) is 0 Å². The van der Waals surface area contributed by atoms with E-state index in [-0.39, 0.29) is 5.75 Å². The van der Waals surface area contributed by atoms with Crippen molar-refractivity contribution in [3.05, 3.63) is 64.5 Å². The van der Waals surface area contributed by atoms with Crippen LogP contribution >= 0.6 is 11.8 Å². The van der Waals surface area contributed by atoms with Gasteiger partial charge < -0.3 is 10.1 Å². The summed E-state index contributed by atoms with van der Waals surface area (Å²) in [5.41, 5.74) is -1.91. The van der Waals surface area contributed by atoms with Gasteiger partial charge in [0.1, 0.15) is 12.1 Å². The second-order valence-electron chi connectivity index (χ2n) is 6.00. The van der Waals surface area contributed by atoms with E-state index in [2.05, 4.69) is 15.5 Å². The normalized spacial score (nSPS) is 11.2. The Kier molecular flexibility index (Phi) is 6.44. The summed E-state index contributed by atoms with van der Waals surface area (Å²) in [5, 5.41) is 21.0. The Hall–Kier alpha value is -3.61. The Labute approximate surface area is 177 Å². The minimum atomic E-state index is -4.88. The molecule has 31 heavy (non-hydrogen) atoms. The van der Waals surface area contributed by atoms with Gasteiger partial charge in [-0.05, 0) is 30.3 Å². The topological polar surface area (TPSA) is 112 Å². The molecule has 0 unspecified atom stereocenters. The van der Waals surface area contributed by atoms with Crippen molar-refractivity contribution in [2.45, 2.75) is 11.3 Å². The number of nitro groups is 1. The lowest BCUT2D eigenvalue weighted by Crippen LogP contribution is -2.18. The van der Waals surface area contributed by atoms with Crippen molar-refractivity contribution in [2.24, 2.45) is 0 Å². The van der Waals surface area contributed by atoms with Crippen LogP contribution in [-0.4, -0.2) is 38.5 Å². The molecule has 1 heterocycles. The van der Waals surface area contributed by atoms with Gasteiger partial charge in [-0.1, -0.05) is 11.8 Å². The van der Waals surface area contributed by atoms with Crippen LogP contribution < -0.4 is 10.1 Å². The molecular weight excluding hydrogens is 439 g/mol. The molecule has 1 amide bonds. The van der Waals surface area contributed by atoms with Crippen molar-refractivity contribution in [1.82, 2.24) is 14.8 Å². The van der Waals surface area contributed by atoms with Crippen LogP contribution in [0.1, 0.15) is 5.56 Å². The second-order valence-corrected chi connectivity index (χ2v) is 6.95. The van der Waals surface area contributed by atoms with Gasteiger partial charge in [-0.3, -0.25) is 19.5 Å². The molecule has 0 radical (unpaired) electrons. The molecule has 3 aromatic rings. The Balaban J connectivity index is 1.72. The lowest BCUT2D eigenvalue weighted by atomic mass is 10.1. The standard InChI is InChI=1S/C18H14F3N5O4S/c1-30-13-5-2-11(3-6-13)25-10-22-24-17(25)31-9-16(27)23-15-7-4-12(26(28)29)8-14(15)18(19,20)21/h2-8,10H,9H2,1H3,(H,23,27). The number of halogens is 3. The molecular formula is C18H14F3N5O4S. The van der Waals surface area contributed by atoms with E-state index in [0.717, 1.165) is 23.9 Å². The molecule has 9 nitrogen and oxygen atoms in total. The summed E-state index contributed by atoms with van der Waals surface area (Å²) in [6.45, 7) is 0. The molecule has 1 N–H and O–H groups in total. The highest BCUT2D eigenvalue weighted by molar-refractivity contribution is 7.99. The molecule has 0 bridgehead atoms. The van der Waals surface area contributed by atoms with Gasteiger partial charge in [-0.15, -0.1) is 10.2 Å². The number of hydrogen-bond acceptors (Lipinski definition) is 7. The largest absolute Gasteiger partial charge is 0.497 e. The average Bonchev–Trinajstić information content (AvgIpc) is 3.20. The van der Waals surface area contributed by atoms with Crippen molar-refractivity contribution in [2.75, 3.05) is 18.2 Å². The predicted octanol–water partition coefficient (Wildman–Crippen LogP) is 3.93. The maximum Gasteiger partial charge on any atom is 0.418 e. The molecule has 2 aromatic carbocycles. The molecule has 0 aliphatic heterocycles. The highest BCUT2D eigenvalue weighted by Gasteiger charge is 2.35. The van der Waals surface area contributed by atoms with Crippen LogP contribution in [0, 0.1) is 10.1 Å². The summed E-state index contributed by atoms with van der Waals surface area (Å²) < 4.78 is 46.4. The highest BCUT2D eigenvalue weighted by Crippen LogP contribution is 2.37. The monoisotopic (exact) mass is 453 g/mol. The summed E-state index contributed by atoms with van der Waals surface area (Å²) in [6, 6.07) is 9.07. The molecule has 0 atom stereocenters. The number of carbonyl (C=O) groups is 1. The Bertz CT molecular complexity index is 1100. The summed E-state index contributed by atoms with van der Waals surface area (Å²) in [7, 11) is 1.53. The van der Waals surface area contributed by atoms with Crippen LogP contribution in [0.3, 0.4) is 0 Å². The first-order valence-electron chi connectivity index (χ1n) is 8.52. The second kappa shape index (κ2) is 9.04. The number of alkyl halides is 3. The van der Waals surface area contributed by atoms with Crippen LogP contribution in [-0.2, 0) is 11.0 Å². The fourth-order valence-corrected chi connectivity index (χ4v) is 3.28. The number of nitro benzene ring substituents is 1. The number of non-ortho nitro benzene ring substituents is 1. The lowest BCUT2D eigenvalue weighted by Gasteiger charge is -2.13. The third-order valence-electron chi connectivity index (χ3n) is 3.99. The number of carbonyl (C=O) groups excluding carboxylic acids is 1. The van der Waals surface area contributed by atoms with Crippen LogP contribution in [0.5, 0.6) is 5.75 Å². The number of hydrogen-bond donors (Lipinski definition) is 1. The maximum atomic E-state index is 13.2. The fourth-order valence-electron chi connectivity index (χ4n) is 2.55. The van der Waals surface area contributed by atoms with Gasteiger partial charge in [0, 0.05) is 17.8 Å². The van der Waals surface area contributed by atoms with Gasteiger partial charge in [-0.2, -0.15) is 13.2 Å². The van der Waals surface area contributed by atoms with E-state index in [4.69, 9.17) is 4.74 Å². The Morgan fingerprint density at radius 1 is 1.26 bits per heavy atom. The predicted molar refractivity (Wildman–Crippen MR) is 105 cm³/mol. The first-order valence-corrected chi connectivity index (χ1v) is 9.50. The average molecular weight is 453 g/mol. The zero-order valence-corrected chi connectivity index (χ0v) is 16.6. The van der Waals surface area contributed by atoms with E-state index in [1.807, 2.05) is 0 Å². The summed E-state index contributed by atoms with van der Waals surface area (Å²) in [4.78, 5) is 22.0. The lowest BCUT2D eigenvalue weighted by molar-refractivity contribution is -0.385. The van der Waals surface area contributed by atoms with E-state index in [9.17, 15) is 28.1 Å².